The maximum atomic E-state index is 8.89. The molecule has 3 nitrogen and oxygen atoms in total. The number of rotatable bonds is 7. The molecule has 1 unspecified atom stereocenters. The Labute approximate surface area is 114 Å². The Hall–Kier alpha value is -0.670. The van der Waals surface area contributed by atoms with E-state index in [4.69, 9.17) is 5.11 Å². The summed E-state index contributed by atoms with van der Waals surface area (Å²) in [6.07, 6.45) is 3.32. The number of hydrogen-bond donors (Lipinski definition) is 1. The van der Waals surface area contributed by atoms with Gasteiger partial charge in [-0.15, -0.1) is 0 Å². The highest BCUT2D eigenvalue weighted by Gasteiger charge is 2.08. The molecular formula is C15H32N2O. The van der Waals surface area contributed by atoms with Gasteiger partial charge in [0.05, 0.1) is 6.61 Å². The van der Waals surface area contributed by atoms with E-state index in [0.29, 0.717) is 6.04 Å². The topological polar surface area (TPSA) is 35.8 Å². The molecule has 18 heavy (non-hydrogen) atoms. The van der Waals surface area contributed by atoms with Crippen molar-refractivity contribution >= 4 is 5.71 Å². The standard InChI is InChI=1S/C13H26N2O.C2H6/c1-6-8-15(7-2)13(5)9-11(3)14-12(4)10-16;1-2/h9,13,16H,6-8,10H2,1-5H3;1-2H3/b11-9-,14-12?;. The van der Waals surface area contributed by atoms with Gasteiger partial charge in [-0.1, -0.05) is 27.7 Å². The minimum Gasteiger partial charge on any atom is -0.390 e. The molecular weight excluding hydrogens is 224 g/mol. The lowest BCUT2D eigenvalue weighted by atomic mass is 10.2. The van der Waals surface area contributed by atoms with E-state index in [1.165, 1.54) is 6.42 Å². The minimum atomic E-state index is 0.0337. The van der Waals surface area contributed by atoms with Gasteiger partial charge in [0.1, 0.15) is 0 Å². The number of aliphatic hydroxyl groups excluding tert-OH is 1. The number of nitrogens with zero attached hydrogens (tertiary/aromatic N) is 2. The number of allylic oxidation sites excluding steroid dienone is 1. The third-order valence-corrected chi connectivity index (χ3v) is 2.57. The van der Waals surface area contributed by atoms with Crippen LogP contribution < -0.4 is 0 Å². The average Bonchev–Trinajstić information content (AvgIpc) is 2.37. The summed E-state index contributed by atoms with van der Waals surface area (Å²) >= 11 is 0. The second kappa shape index (κ2) is 12.8. The van der Waals surface area contributed by atoms with Crippen LogP contribution in [0.5, 0.6) is 0 Å². The van der Waals surface area contributed by atoms with Crippen molar-refractivity contribution in [3.05, 3.63) is 11.8 Å². The molecule has 0 aliphatic rings. The first-order chi connectivity index (χ1) is 8.54. The molecule has 0 fully saturated rings. The van der Waals surface area contributed by atoms with Crippen molar-refractivity contribution in [1.82, 2.24) is 4.90 Å². The zero-order valence-corrected chi connectivity index (χ0v) is 13.3. The summed E-state index contributed by atoms with van der Waals surface area (Å²) in [5, 5.41) is 8.89. The number of likely N-dealkylation sites (N-methyl/N-ethyl adjacent to an activating group) is 1. The molecule has 3 heteroatoms. The second-order valence-electron chi connectivity index (χ2n) is 4.18. The van der Waals surface area contributed by atoms with Crippen LogP contribution in [0.25, 0.3) is 0 Å². The lowest BCUT2D eigenvalue weighted by Crippen LogP contribution is -2.32. The molecule has 0 aromatic carbocycles. The van der Waals surface area contributed by atoms with Crippen molar-refractivity contribution in [3.8, 4) is 0 Å². The van der Waals surface area contributed by atoms with Crippen molar-refractivity contribution in [2.45, 2.75) is 60.9 Å². The Kier molecular flexibility index (Phi) is 14.0. The molecule has 0 amide bonds. The zero-order valence-electron chi connectivity index (χ0n) is 13.3. The molecule has 0 saturated carbocycles. The van der Waals surface area contributed by atoms with E-state index in [2.05, 4.69) is 36.7 Å². The maximum absolute atomic E-state index is 8.89. The summed E-state index contributed by atoms with van der Waals surface area (Å²) in [5.74, 6) is 0. The van der Waals surface area contributed by atoms with Crippen LogP contribution in [-0.4, -0.2) is 41.5 Å². The van der Waals surface area contributed by atoms with Crippen LogP contribution in [0.3, 0.4) is 0 Å². The first-order valence-electron chi connectivity index (χ1n) is 7.12. The normalized spacial score (nSPS) is 14.3. The van der Waals surface area contributed by atoms with Crippen LogP contribution in [-0.2, 0) is 0 Å². The van der Waals surface area contributed by atoms with Gasteiger partial charge in [0.15, 0.2) is 0 Å². The lowest BCUT2D eigenvalue weighted by molar-refractivity contribution is 0.254. The third kappa shape index (κ3) is 9.37. The van der Waals surface area contributed by atoms with Gasteiger partial charge in [0, 0.05) is 17.5 Å². The largest absolute Gasteiger partial charge is 0.390 e. The fraction of sp³-hybridized carbons (Fsp3) is 0.800. The molecule has 108 valence electrons. The monoisotopic (exact) mass is 256 g/mol. The number of aliphatic imine (C=N–C) groups is 1. The van der Waals surface area contributed by atoms with Crippen molar-refractivity contribution in [1.29, 1.82) is 0 Å². The molecule has 1 N–H and O–H groups in total. The fourth-order valence-corrected chi connectivity index (χ4v) is 1.77. The molecule has 0 bridgehead atoms. The molecule has 0 aliphatic carbocycles. The summed E-state index contributed by atoms with van der Waals surface area (Å²) in [6.45, 7) is 16.6. The molecule has 0 aliphatic heterocycles. The van der Waals surface area contributed by atoms with Crippen LogP contribution in [0, 0.1) is 0 Å². The van der Waals surface area contributed by atoms with Crippen molar-refractivity contribution < 1.29 is 5.11 Å². The second-order valence-corrected chi connectivity index (χ2v) is 4.18. The maximum Gasteiger partial charge on any atom is 0.0810 e. The van der Waals surface area contributed by atoms with Gasteiger partial charge in [-0.3, -0.25) is 9.89 Å². The highest BCUT2D eigenvalue weighted by molar-refractivity contribution is 5.83. The van der Waals surface area contributed by atoms with E-state index in [0.717, 1.165) is 24.5 Å². The Balaban J connectivity index is 0. The highest BCUT2D eigenvalue weighted by Crippen LogP contribution is 2.06. The van der Waals surface area contributed by atoms with Gasteiger partial charge in [-0.25, -0.2) is 0 Å². The van der Waals surface area contributed by atoms with Crippen LogP contribution in [0.1, 0.15) is 54.9 Å². The van der Waals surface area contributed by atoms with E-state index in [9.17, 15) is 0 Å². The summed E-state index contributed by atoms with van der Waals surface area (Å²) < 4.78 is 0. The van der Waals surface area contributed by atoms with Crippen LogP contribution >= 0.6 is 0 Å². The van der Waals surface area contributed by atoms with Crippen LogP contribution in [0.15, 0.2) is 16.8 Å². The van der Waals surface area contributed by atoms with E-state index < -0.39 is 0 Å². The molecule has 0 heterocycles. The molecule has 0 rings (SSSR count). The van der Waals surface area contributed by atoms with Crippen LogP contribution in [0.4, 0.5) is 0 Å². The Morgan fingerprint density at radius 2 is 1.83 bits per heavy atom. The van der Waals surface area contributed by atoms with E-state index in [1.54, 1.807) is 0 Å². The summed E-state index contributed by atoms with van der Waals surface area (Å²) in [5.41, 5.74) is 1.74. The van der Waals surface area contributed by atoms with Crippen molar-refractivity contribution in [3.63, 3.8) is 0 Å². The highest BCUT2D eigenvalue weighted by atomic mass is 16.3. The number of aliphatic hydroxyl groups is 1. The molecule has 0 saturated heterocycles. The first kappa shape index (κ1) is 19.7. The Bertz CT molecular complexity index is 247. The quantitative estimate of drug-likeness (QED) is 0.708. The van der Waals surface area contributed by atoms with Crippen LogP contribution in [0.2, 0.25) is 0 Å². The molecule has 0 aromatic rings. The van der Waals surface area contributed by atoms with E-state index in [-0.39, 0.29) is 6.61 Å². The summed E-state index contributed by atoms with van der Waals surface area (Å²) in [6, 6.07) is 0.403. The zero-order chi connectivity index (χ0) is 14.6. The molecule has 0 radical (unpaired) electrons. The Morgan fingerprint density at radius 1 is 1.28 bits per heavy atom. The Morgan fingerprint density at radius 3 is 2.22 bits per heavy atom. The summed E-state index contributed by atoms with van der Waals surface area (Å²) in [4.78, 5) is 6.72. The molecule has 1 atom stereocenters. The van der Waals surface area contributed by atoms with Crippen molar-refractivity contribution in [2.75, 3.05) is 19.7 Å². The lowest BCUT2D eigenvalue weighted by Gasteiger charge is -2.25. The number of hydrogen-bond acceptors (Lipinski definition) is 3. The van der Waals surface area contributed by atoms with Crippen molar-refractivity contribution in [2.24, 2.45) is 4.99 Å². The SMILES string of the molecule is CC.CCCN(CC)C(C)/C=C(/C)N=C(C)CO. The molecule has 0 spiro atoms. The fourth-order valence-electron chi connectivity index (χ4n) is 1.77. The summed E-state index contributed by atoms with van der Waals surface area (Å²) in [7, 11) is 0. The predicted molar refractivity (Wildman–Crippen MR) is 82.3 cm³/mol. The smallest absolute Gasteiger partial charge is 0.0810 e. The minimum absolute atomic E-state index is 0.0337. The van der Waals surface area contributed by atoms with Gasteiger partial charge < -0.3 is 5.11 Å². The molecule has 0 aromatic heterocycles. The van der Waals surface area contributed by atoms with Gasteiger partial charge >= 0.3 is 0 Å². The van der Waals surface area contributed by atoms with Gasteiger partial charge in [-0.2, -0.15) is 0 Å². The van der Waals surface area contributed by atoms with Gasteiger partial charge in [0.25, 0.3) is 0 Å². The average molecular weight is 256 g/mol. The van der Waals surface area contributed by atoms with E-state index >= 15 is 0 Å². The van der Waals surface area contributed by atoms with Gasteiger partial charge in [0.2, 0.25) is 0 Å². The predicted octanol–water partition coefficient (Wildman–Crippen LogP) is 3.49. The third-order valence-electron chi connectivity index (χ3n) is 2.57. The first-order valence-corrected chi connectivity index (χ1v) is 7.12. The van der Waals surface area contributed by atoms with E-state index in [1.807, 2.05) is 27.7 Å². The van der Waals surface area contributed by atoms with Gasteiger partial charge in [-0.05, 0) is 46.4 Å².